The summed E-state index contributed by atoms with van der Waals surface area (Å²) in [6, 6.07) is 17.1. The van der Waals surface area contributed by atoms with Crippen molar-refractivity contribution in [3.8, 4) is 11.1 Å². The smallest absolute Gasteiger partial charge is 0.354 e. The van der Waals surface area contributed by atoms with Crippen molar-refractivity contribution in [1.82, 2.24) is 14.9 Å². The Balaban J connectivity index is 1.26. The molecule has 1 aliphatic heterocycles. The minimum atomic E-state index is -4.37. The molecule has 1 aliphatic rings. The van der Waals surface area contributed by atoms with Crippen molar-refractivity contribution >= 4 is 28.4 Å². The zero-order valence-corrected chi connectivity index (χ0v) is 20.3. The van der Waals surface area contributed by atoms with E-state index < -0.39 is 11.7 Å². The lowest BCUT2D eigenvalue weighted by Crippen LogP contribution is -2.29. The molecule has 1 aromatic heterocycles. The van der Waals surface area contributed by atoms with Gasteiger partial charge in [0.25, 0.3) is 5.91 Å². The molecule has 1 amide bonds. The molecule has 5 rings (SSSR count). The van der Waals surface area contributed by atoms with E-state index in [1.807, 2.05) is 6.07 Å². The van der Waals surface area contributed by atoms with E-state index >= 15 is 0 Å². The van der Waals surface area contributed by atoms with Gasteiger partial charge in [0, 0.05) is 30.9 Å². The van der Waals surface area contributed by atoms with Crippen LogP contribution in [0.2, 0.25) is 0 Å². The number of carbonyl (C=O) groups excluding carboxylic acids is 1. The zero-order valence-electron chi connectivity index (χ0n) is 20.3. The number of alkyl halides is 3. The fourth-order valence-electron chi connectivity index (χ4n) is 4.38. The van der Waals surface area contributed by atoms with Gasteiger partial charge in [-0.25, -0.2) is 4.98 Å². The van der Waals surface area contributed by atoms with Gasteiger partial charge in [0.2, 0.25) is 0 Å². The number of nitrogens with one attached hydrogen (secondary N) is 1. The molecule has 0 atom stereocenters. The Labute approximate surface area is 212 Å². The number of anilines is 2. The number of hydrogen-bond donors (Lipinski definition) is 1. The molecule has 0 spiro atoms. The molecule has 0 radical (unpaired) electrons. The summed E-state index contributed by atoms with van der Waals surface area (Å²) >= 11 is 0. The van der Waals surface area contributed by atoms with E-state index in [4.69, 9.17) is 4.98 Å². The van der Waals surface area contributed by atoms with E-state index in [1.165, 1.54) is 12.1 Å². The molecule has 0 saturated carbocycles. The second kappa shape index (κ2) is 10.2. The van der Waals surface area contributed by atoms with Crippen LogP contribution < -0.4 is 10.2 Å². The van der Waals surface area contributed by atoms with Crippen molar-refractivity contribution in [2.24, 2.45) is 0 Å². The van der Waals surface area contributed by atoms with Gasteiger partial charge in [-0.3, -0.25) is 9.78 Å². The molecule has 1 N–H and O–H groups in total. The van der Waals surface area contributed by atoms with Crippen LogP contribution in [-0.4, -0.2) is 54.0 Å². The topological polar surface area (TPSA) is 61.4 Å². The highest BCUT2D eigenvalue weighted by atomic mass is 19.4. The highest BCUT2D eigenvalue weighted by Crippen LogP contribution is 2.31. The molecule has 190 valence electrons. The standard InChI is InChI=1S/C28H26F3N5O/c1-35-13-2-14-36(16-15-35)26-18-32-25-17-23(11-12-24(25)34-26)33-27(37)21-5-3-19(4-6-21)20-7-9-22(10-8-20)28(29,30)31/h3-12,17-18H,2,13-16H2,1H3,(H,33,37). The van der Waals surface area contributed by atoms with Crippen molar-refractivity contribution in [2.75, 3.05) is 43.4 Å². The second-order valence-electron chi connectivity index (χ2n) is 9.18. The van der Waals surface area contributed by atoms with Crippen LogP contribution in [0.25, 0.3) is 22.2 Å². The van der Waals surface area contributed by atoms with Gasteiger partial charge in [-0.2, -0.15) is 13.2 Å². The number of amides is 1. The maximum absolute atomic E-state index is 12.8. The van der Waals surface area contributed by atoms with Crippen LogP contribution in [0.1, 0.15) is 22.3 Å². The molecule has 9 heteroatoms. The molecule has 2 heterocycles. The number of likely N-dealkylation sites (N-methyl/N-ethyl adjacent to an activating group) is 1. The quantitative estimate of drug-likeness (QED) is 0.385. The summed E-state index contributed by atoms with van der Waals surface area (Å²) in [5.74, 6) is 0.560. The average molecular weight is 506 g/mol. The number of benzene rings is 3. The summed E-state index contributed by atoms with van der Waals surface area (Å²) in [6.45, 7) is 3.90. The lowest BCUT2D eigenvalue weighted by molar-refractivity contribution is -0.137. The predicted molar refractivity (Wildman–Crippen MR) is 139 cm³/mol. The number of carbonyl (C=O) groups is 1. The number of aromatic nitrogens is 2. The number of halogens is 3. The van der Waals surface area contributed by atoms with Crippen molar-refractivity contribution in [3.63, 3.8) is 0 Å². The summed E-state index contributed by atoms with van der Waals surface area (Å²) in [4.78, 5) is 26.7. The third kappa shape index (κ3) is 5.72. The predicted octanol–water partition coefficient (Wildman–Crippen LogP) is 5.71. The molecule has 4 aromatic rings. The van der Waals surface area contributed by atoms with E-state index in [0.29, 0.717) is 22.3 Å². The van der Waals surface area contributed by atoms with Crippen LogP contribution in [0.5, 0.6) is 0 Å². The molecule has 1 saturated heterocycles. The number of nitrogens with zero attached hydrogens (tertiary/aromatic N) is 4. The minimum Gasteiger partial charge on any atom is -0.354 e. The summed E-state index contributed by atoms with van der Waals surface area (Å²) in [6.07, 6.45) is -1.52. The summed E-state index contributed by atoms with van der Waals surface area (Å²) in [7, 11) is 2.12. The maximum atomic E-state index is 12.8. The first-order valence-corrected chi connectivity index (χ1v) is 12.1. The molecule has 0 aliphatic carbocycles. The monoisotopic (exact) mass is 505 g/mol. The minimum absolute atomic E-state index is 0.295. The number of fused-ring (bicyclic) bond motifs is 1. The molecule has 0 bridgehead atoms. The Kier molecular flexibility index (Phi) is 6.80. The first kappa shape index (κ1) is 24.7. The fraction of sp³-hybridized carbons (Fsp3) is 0.250. The van der Waals surface area contributed by atoms with Gasteiger partial charge in [-0.15, -0.1) is 0 Å². The Bertz CT molecular complexity index is 1400. The number of rotatable bonds is 4. The van der Waals surface area contributed by atoms with E-state index in [9.17, 15) is 18.0 Å². The van der Waals surface area contributed by atoms with E-state index in [-0.39, 0.29) is 5.91 Å². The molecule has 37 heavy (non-hydrogen) atoms. The van der Waals surface area contributed by atoms with Gasteiger partial charge >= 0.3 is 6.18 Å². The van der Waals surface area contributed by atoms with E-state index in [2.05, 4.69) is 27.1 Å². The first-order valence-electron chi connectivity index (χ1n) is 12.1. The highest BCUT2D eigenvalue weighted by Gasteiger charge is 2.30. The van der Waals surface area contributed by atoms with Crippen LogP contribution >= 0.6 is 0 Å². The third-order valence-corrected chi connectivity index (χ3v) is 6.52. The second-order valence-corrected chi connectivity index (χ2v) is 9.18. The Morgan fingerprint density at radius 3 is 2.27 bits per heavy atom. The van der Waals surface area contributed by atoms with Gasteiger partial charge in [-0.05, 0) is 73.6 Å². The van der Waals surface area contributed by atoms with Gasteiger partial charge in [0.15, 0.2) is 0 Å². The first-order chi connectivity index (χ1) is 17.8. The fourth-order valence-corrected chi connectivity index (χ4v) is 4.38. The van der Waals surface area contributed by atoms with Crippen LogP contribution in [0.4, 0.5) is 24.7 Å². The lowest BCUT2D eigenvalue weighted by atomic mass is 10.0. The summed E-state index contributed by atoms with van der Waals surface area (Å²) in [5, 5.41) is 2.88. The lowest BCUT2D eigenvalue weighted by Gasteiger charge is -2.21. The molecule has 3 aromatic carbocycles. The summed E-state index contributed by atoms with van der Waals surface area (Å²) < 4.78 is 38.4. The Morgan fingerprint density at radius 2 is 1.57 bits per heavy atom. The molecule has 0 unspecified atom stereocenters. The zero-order chi connectivity index (χ0) is 26.0. The van der Waals surface area contributed by atoms with Gasteiger partial charge in [-0.1, -0.05) is 24.3 Å². The van der Waals surface area contributed by atoms with Gasteiger partial charge in [0.05, 0.1) is 22.8 Å². The summed E-state index contributed by atoms with van der Waals surface area (Å²) in [5.41, 5.74) is 3.14. The van der Waals surface area contributed by atoms with Crippen LogP contribution in [0, 0.1) is 0 Å². The van der Waals surface area contributed by atoms with Crippen molar-refractivity contribution in [2.45, 2.75) is 12.6 Å². The third-order valence-electron chi connectivity index (χ3n) is 6.52. The van der Waals surface area contributed by atoms with Gasteiger partial charge < -0.3 is 15.1 Å². The molecular weight excluding hydrogens is 479 g/mol. The van der Waals surface area contributed by atoms with Crippen molar-refractivity contribution in [1.29, 1.82) is 0 Å². The normalized spacial score (nSPS) is 15.0. The van der Waals surface area contributed by atoms with E-state index in [0.717, 1.165) is 61.6 Å². The maximum Gasteiger partial charge on any atom is 0.416 e. The molecule has 6 nitrogen and oxygen atoms in total. The van der Waals surface area contributed by atoms with Crippen molar-refractivity contribution in [3.05, 3.63) is 84.1 Å². The number of hydrogen-bond acceptors (Lipinski definition) is 5. The largest absolute Gasteiger partial charge is 0.416 e. The van der Waals surface area contributed by atoms with Gasteiger partial charge in [0.1, 0.15) is 5.82 Å². The van der Waals surface area contributed by atoms with Crippen LogP contribution in [0.15, 0.2) is 72.9 Å². The molecule has 1 fully saturated rings. The Hall–Kier alpha value is -3.98. The average Bonchev–Trinajstić information content (AvgIpc) is 3.12. The van der Waals surface area contributed by atoms with Crippen LogP contribution in [0.3, 0.4) is 0 Å². The SMILES string of the molecule is CN1CCCN(c2cnc3cc(NC(=O)c4ccc(-c5ccc(C(F)(F)F)cc5)cc4)ccc3n2)CC1. The van der Waals surface area contributed by atoms with Crippen molar-refractivity contribution < 1.29 is 18.0 Å². The van der Waals surface area contributed by atoms with E-state index in [1.54, 1.807) is 42.6 Å². The van der Waals surface area contributed by atoms with Crippen LogP contribution in [-0.2, 0) is 6.18 Å². The highest BCUT2D eigenvalue weighted by molar-refractivity contribution is 6.05. The molecular formula is C28H26F3N5O. The Morgan fingerprint density at radius 1 is 0.865 bits per heavy atom.